The van der Waals surface area contributed by atoms with Gasteiger partial charge in [0.25, 0.3) is 6.01 Å². The number of nitrogens with one attached hydrogen (secondary N) is 2. The van der Waals surface area contributed by atoms with Gasteiger partial charge in [0.2, 0.25) is 10.0 Å². The van der Waals surface area contributed by atoms with E-state index in [4.69, 9.17) is 4.74 Å². The highest BCUT2D eigenvalue weighted by Gasteiger charge is 1.99. The van der Waals surface area contributed by atoms with E-state index in [-0.39, 0.29) is 13.2 Å². The minimum absolute atomic E-state index is 0.236. The lowest BCUT2D eigenvalue weighted by Crippen LogP contribution is -2.27. The maximum atomic E-state index is 10.6. The van der Waals surface area contributed by atoms with Crippen molar-refractivity contribution < 1.29 is 13.2 Å². The first-order valence-electron chi connectivity index (χ1n) is 3.65. The molecule has 13 heavy (non-hydrogen) atoms. The molecule has 0 aliphatic rings. The molecular formula is C6H11N3O3S. The Labute approximate surface area is 76.4 Å². The predicted molar refractivity (Wildman–Crippen MR) is 46.9 cm³/mol. The molecule has 2 N–H and O–H groups in total. The van der Waals surface area contributed by atoms with Gasteiger partial charge in [-0.1, -0.05) is 0 Å². The second kappa shape index (κ2) is 4.24. The molecular weight excluding hydrogens is 194 g/mol. The van der Waals surface area contributed by atoms with Crippen molar-refractivity contribution in [2.45, 2.75) is 0 Å². The van der Waals surface area contributed by atoms with Gasteiger partial charge in [0, 0.05) is 18.9 Å². The Morgan fingerprint density at radius 2 is 2.46 bits per heavy atom. The van der Waals surface area contributed by atoms with Crippen molar-refractivity contribution in [1.82, 2.24) is 14.7 Å². The number of hydrogen-bond acceptors (Lipinski definition) is 4. The molecule has 0 saturated heterocycles. The van der Waals surface area contributed by atoms with E-state index in [0.29, 0.717) is 6.01 Å². The van der Waals surface area contributed by atoms with Gasteiger partial charge in [0.1, 0.15) is 6.61 Å². The summed E-state index contributed by atoms with van der Waals surface area (Å²) in [7, 11) is -3.13. The average molecular weight is 205 g/mol. The molecule has 0 fully saturated rings. The van der Waals surface area contributed by atoms with Crippen LogP contribution in [0.5, 0.6) is 6.01 Å². The van der Waals surface area contributed by atoms with Crippen LogP contribution in [0.4, 0.5) is 0 Å². The normalized spacial score (nSPS) is 11.5. The van der Waals surface area contributed by atoms with E-state index in [9.17, 15) is 8.42 Å². The smallest absolute Gasteiger partial charge is 0.293 e. The lowest BCUT2D eigenvalue weighted by atomic mass is 10.7. The second-order valence-electron chi connectivity index (χ2n) is 2.41. The summed E-state index contributed by atoms with van der Waals surface area (Å²) >= 11 is 0. The summed E-state index contributed by atoms with van der Waals surface area (Å²) in [6, 6.07) is 0.385. The van der Waals surface area contributed by atoms with Gasteiger partial charge in [-0.2, -0.15) is 0 Å². The molecule has 7 heteroatoms. The van der Waals surface area contributed by atoms with Gasteiger partial charge in [-0.15, -0.1) is 0 Å². The van der Waals surface area contributed by atoms with Crippen LogP contribution in [-0.2, 0) is 10.0 Å². The number of nitrogens with zero attached hydrogens (tertiary/aromatic N) is 1. The molecule has 1 aromatic rings. The van der Waals surface area contributed by atoms with Crippen LogP contribution in [0.3, 0.4) is 0 Å². The highest BCUT2D eigenvalue weighted by Crippen LogP contribution is 1.96. The largest absolute Gasteiger partial charge is 0.463 e. The summed E-state index contributed by atoms with van der Waals surface area (Å²) in [5, 5.41) is 0. The zero-order chi connectivity index (χ0) is 9.73. The zero-order valence-corrected chi connectivity index (χ0v) is 7.97. The Kier molecular flexibility index (Phi) is 3.26. The zero-order valence-electron chi connectivity index (χ0n) is 7.15. The fourth-order valence-electron chi connectivity index (χ4n) is 0.704. The van der Waals surface area contributed by atoms with Crippen molar-refractivity contribution in [1.29, 1.82) is 0 Å². The van der Waals surface area contributed by atoms with Crippen molar-refractivity contribution in [3.8, 4) is 6.01 Å². The Balaban J connectivity index is 2.16. The number of aromatic nitrogens is 2. The molecule has 1 aromatic heterocycles. The van der Waals surface area contributed by atoms with Crippen LogP contribution in [-0.4, -0.2) is 37.8 Å². The molecule has 1 heterocycles. The lowest BCUT2D eigenvalue weighted by Gasteiger charge is -2.02. The molecule has 0 aromatic carbocycles. The third-order valence-electron chi connectivity index (χ3n) is 1.18. The number of rotatable bonds is 5. The number of ether oxygens (including phenoxy) is 1. The fourth-order valence-corrected chi connectivity index (χ4v) is 1.16. The molecule has 0 aliphatic heterocycles. The molecule has 0 unspecified atom stereocenters. The Bertz CT molecular complexity index is 332. The molecule has 0 atom stereocenters. The van der Waals surface area contributed by atoms with Gasteiger partial charge in [0.15, 0.2) is 0 Å². The van der Waals surface area contributed by atoms with Gasteiger partial charge in [-0.25, -0.2) is 18.1 Å². The Morgan fingerprint density at radius 1 is 1.69 bits per heavy atom. The van der Waals surface area contributed by atoms with Crippen LogP contribution in [0.1, 0.15) is 0 Å². The number of sulfonamides is 1. The standard InChI is InChI=1S/C6H11N3O3S/c1-13(10,11)9-4-5-12-6-7-2-3-8-6/h2-3,9H,4-5H2,1H3,(H,7,8). The molecule has 0 bridgehead atoms. The average Bonchev–Trinajstić information content (AvgIpc) is 2.48. The summed E-state index contributed by atoms with van der Waals surface area (Å²) in [6.07, 6.45) is 4.28. The van der Waals surface area contributed by atoms with Crippen molar-refractivity contribution >= 4 is 10.0 Å². The highest BCUT2D eigenvalue weighted by molar-refractivity contribution is 7.88. The van der Waals surface area contributed by atoms with E-state index in [1.54, 1.807) is 12.4 Å². The monoisotopic (exact) mass is 205 g/mol. The van der Waals surface area contributed by atoms with E-state index in [1.807, 2.05) is 0 Å². The van der Waals surface area contributed by atoms with E-state index >= 15 is 0 Å². The van der Waals surface area contributed by atoms with Crippen LogP contribution in [0, 0.1) is 0 Å². The molecule has 0 saturated carbocycles. The van der Waals surface area contributed by atoms with Crippen molar-refractivity contribution in [3.05, 3.63) is 12.4 Å². The molecule has 6 nitrogen and oxygen atoms in total. The number of aromatic amines is 1. The van der Waals surface area contributed by atoms with E-state index in [0.717, 1.165) is 6.26 Å². The highest BCUT2D eigenvalue weighted by atomic mass is 32.2. The van der Waals surface area contributed by atoms with Gasteiger partial charge in [-0.05, 0) is 0 Å². The first-order valence-corrected chi connectivity index (χ1v) is 5.54. The maximum absolute atomic E-state index is 10.6. The fraction of sp³-hybridized carbons (Fsp3) is 0.500. The summed E-state index contributed by atoms with van der Waals surface area (Å²) in [5.74, 6) is 0. The summed E-state index contributed by atoms with van der Waals surface area (Å²) in [4.78, 5) is 6.52. The minimum atomic E-state index is -3.13. The second-order valence-corrected chi connectivity index (χ2v) is 4.24. The van der Waals surface area contributed by atoms with Crippen molar-refractivity contribution in [2.75, 3.05) is 19.4 Å². The molecule has 0 aliphatic carbocycles. The van der Waals surface area contributed by atoms with Crippen LogP contribution in [0.25, 0.3) is 0 Å². The first kappa shape index (κ1) is 10.0. The molecule has 74 valence electrons. The Hall–Kier alpha value is -1.08. The van der Waals surface area contributed by atoms with Crippen LogP contribution in [0.15, 0.2) is 12.4 Å². The third kappa shape index (κ3) is 4.48. The topological polar surface area (TPSA) is 84.1 Å². The minimum Gasteiger partial charge on any atom is -0.463 e. The van der Waals surface area contributed by atoms with Crippen molar-refractivity contribution in [2.24, 2.45) is 0 Å². The van der Waals surface area contributed by atoms with E-state index in [2.05, 4.69) is 14.7 Å². The molecule has 0 radical (unpaired) electrons. The van der Waals surface area contributed by atoms with Gasteiger partial charge in [0.05, 0.1) is 6.26 Å². The van der Waals surface area contributed by atoms with E-state index < -0.39 is 10.0 Å². The van der Waals surface area contributed by atoms with Gasteiger partial charge >= 0.3 is 0 Å². The molecule has 1 rings (SSSR count). The maximum Gasteiger partial charge on any atom is 0.293 e. The number of imidazole rings is 1. The predicted octanol–water partition coefficient (Wildman–Crippen LogP) is -0.662. The summed E-state index contributed by atoms with van der Waals surface area (Å²) in [5.41, 5.74) is 0. The summed E-state index contributed by atoms with van der Waals surface area (Å²) < 4.78 is 28.5. The third-order valence-corrected chi connectivity index (χ3v) is 1.91. The van der Waals surface area contributed by atoms with Crippen LogP contribution >= 0.6 is 0 Å². The first-order chi connectivity index (χ1) is 6.08. The van der Waals surface area contributed by atoms with Gasteiger partial charge < -0.3 is 9.72 Å². The quantitative estimate of drug-likeness (QED) is 0.625. The van der Waals surface area contributed by atoms with Gasteiger partial charge in [-0.3, -0.25) is 0 Å². The summed E-state index contributed by atoms with van der Waals surface area (Å²) in [6.45, 7) is 0.486. The molecule has 0 amide bonds. The van der Waals surface area contributed by atoms with Crippen LogP contribution in [0.2, 0.25) is 0 Å². The number of H-pyrrole nitrogens is 1. The Morgan fingerprint density at radius 3 is 3.00 bits per heavy atom. The van der Waals surface area contributed by atoms with Crippen LogP contribution < -0.4 is 9.46 Å². The molecule has 0 spiro atoms. The van der Waals surface area contributed by atoms with E-state index in [1.165, 1.54) is 0 Å². The number of hydrogen-bond donors (Lipinski definition) is 2. The lowest BCUT2D eigenvalue weighted by molar-refractivity contribution is 0.300. The van der Waals surface area contributed by atoms with Crippen molar-refractivity contribution in [3.63, 3.8) is 0 Å². The SMILES string of the molecule is CS(=O)(=O)NCCOc1ncc[nH]1.